The molecule has 0 saturated heterocycles. The zero-order valence-electron chi connectivity index (χ0n) is 19.1. The molecule has 0 aliphatic heterocycles. The number of para-hydroxylation sites is 1. The molecule has 0 bridgehead atoms. The van der Waals surface area contributed by atoms with Crippen LogP contribution in [0.25, 0.3) is 21.8 Å². The van der Waals surface area contributed by atoms with Crippen LogP contribution >= 0.6 is 11.6 Å². The van der Waals surface area contributed by atoms with E-state index in [0.29, 0.717) is 18.0 Å². The Balaban J connectivity index is 1.53. The first-order chi connectivity index (χ1) is 16.2. The molecule has 1 aromatic heterocycles. The van der Waals surface area contributed by atoms with Crippen molar-refractivity contribution < 1.29 is 17.9 Å². The average molecular weight is 500 g/mol. The van der Waals surface area contributed by atoms with Crippen LogP contribution in [-0.4, -0.2) is 31.5 Å². The highest BCUT2D eigenvalue weighted by atomic mass is 35.5. The van der Waals surface area contributed by atoms with Gasteiger partial charge in [-0.1, -0.05) is 29.8 Å². The van der Waals surface area contributed by atoms with Gasteiger partial charge in [-0.15, -0.1) is 0 Å². The first-order valence-electron chi connectivity index (χ1n) is 11.0. The largest absolute Gasteiger partial charge is 0.492 e. The molecular weight excluding hydrogens is 474 g/mol. The molecule has 0 aliphatic carbocycles. The molecule has 9 heteroatoms. The Hall–Kier alpha value is -3.07. The molecule has 34 heavy (non-hydrogen) atoms. The van der Waals surface area contributed by atoms with Gasteiger partial charge in [-0.05, 0) is 63.2 Å². The number of carbonyl (C=O) groups is 1. The van der Waals surface area contributed by atoms with E-state index in [2.05, 4.69) is 27.6 Å². The number of anilines is 1. The van der Waals surface area contributed by atoms with Crippen molar-refractivity contribution in [3.05, 3.63) is 65.7 Å². The molecule has 178 valence electrons. The number of aryl methyl sites for hydroxylation is 1. The Kier molecular flexibility index (Phi) is 6.84. The lowest BCUT2D eigenvalue weighted by atomic mass is 10.1. The number of hydrogen-bond donors (Lipinski definition) is 2. The minimum atomic E-state index is -3.97. The van der Waals surface area contributed by atoms with Gasteiger partial charge in [0.15, 0.2) is 0 Å². The number of amides is 1. The predicted octanol–water partition coefficient (Wildman–Crippen LogP) is 5.17. The molecule has 3 aromatic carbocycles. The van der Waals surface area contributed by atoms with E-state index in [-0.39, 0.29) is 9.92 Å². The number of fused-ring (bicyclic) bond motifs is 3. The number of sulfonamides is 1. The number of halogens is 1. The highest BCUT2D eigenvalue weighted by Gasteiger charge is 2.23. The third-order valence-corrected chi connectivity index (χ3v) is 7.43. The van der Waals surface area contributed by atoms with Crippen molar-refractivity contribution in [1.82, 2.24) is 9.29 Å². The zero-order chi connectivity index (χ0) is 24.5. The molecular formula is C25H26ClN3O4S. The third kappa shape index (κ3) is 4.61. The van der Waals surface area contributed by atoms with E-state index < -0.39 is 22.0 Å². The molecule has 0 saturated carbocycles. The predicted molar refractivity (Wildman–Crippen MR) is 136 cm³/mol. The zero-order valence-corrected chi connectivity index (χ0v) is 20.7. The number of rotatable bonds is 8. The highest BCUT2D eigenvalue weighted by molar-refractivity contribution is 7.89. The van der Waals surface area contributed by atoms with Crippen LogP contribution < -0.4 is 14.8 Å². The third-order valence-electron chi connectivity index (χ3n) is 5.59. The SMILES string of the molecule is CCOc1ccc(S(=O)(=O)N[C@H](C)C(=O)Nc2ccc3c(c2)c2ccccc2n3CC)cc1Cl. The van der Waals surface area contributed by atoms with Gasteiger partial charge >= 0.3 is 0 Å². The number of carbonyl (C=O) groups excluding carboxylic acids is 1. The van der Waals surface area contributed by atoms with Crippen LogP contribution in [0.5, 0.6) is 5.75 Å². The van der Waals surface area contributed by atoms with Crippen LogP contribution in [0.2, 0.25) is 5.02 Å². The summed E-state index contributed by atoms with van der Waals surface area (Å²) in [5.74, 6) is -0.0760. The summed E-state index contributed by atoms with van der Waals surface area (Å²) in [6.45, 7) is 6.62. The van der Waals surface area contributed by atoms with Crippen LogP contribution in [-0.2, 0) is 21.4 Å². The second-order valence-corrected chi connectivity index (χ2v) is 9.97. The van der Waals surface area contributed by atoms with E-state index in [4.69, 9.17) is 16.3 Å². The van der Waals surface area contributed by atoms with Crippen LogP contribution in [0.4, 0.5) is 5.69 Å². The lowest BCUT2D eigenvalue weighted by molar-refractivity contribution is -0.117. The van der Waals surface area contributed by atoms with Crippen LogP contribution in [0, 0.1) is 0 Å². The molecule has 1 heterocycles. The van der Waals surface area contributed by atoms with Crippen molar-refractivity contribution in [2.24, 2.45) is 0 Å². The minimum Gasteiger partial charge on any atom is -0.492 e. The number of ether oxygens (including phenoxy) is 1. The van der Waals surface area contributed by atoms with Crippen molar-refractivity contribution in [2.45, 2.75) is 38.3 Å². The number of hydrogen-bond acceptors (Lipinski definition) is 4. The summed E-state index contributed by atoms with van der Waals surface area (Å²) < 4.78 is 35.5. The summed E-state index contributed by atoms with van der Waals surface area (Å²) >= 11 is 6.12. The topological polar surface area (TPSA) is 89.4 Å². The number of aromatic nitrogens is 1. The van der Waals surface area contributed by atoms with Crippen molar-refractivity contribution >= 4 is 55.0 Å². The Labute approximate surface area is 203 Å². The lowest BCUT2D eigenvalue weighted by Crippen LogP contribution is -2.41. The van der Waals surface area contributed by atoms with Crippen molar-refractivity contribution in [2.75, 3.05) is 11.9 Å². The molecule has 1 atom stereocenters. The molecule has 7 nitrogen and oxygen atoms in total. The van der Waals surface area contributed by atoms with Crippen LogP contribution in [0.15, 0.2) is 65.6 Å². The smallest absolute Gasteiger partial charge is 0.242 e. The van der Waals surface area contributed by atoms with Gasteiger partial charge in [0.05, 0.1) is 22.6 Å². The van der Waals surface area contributed by atoms with E-state index in [1.807, 2.05) is 43.3 Å². The van der Waals surface area contributed by atoms with E-state index in [1.165, 1.54) is 25.1 Å². The fourth-order valence-corrected chi connectivity index (χ4v) is 5.53. The standard InChI is InChI=1S/C25H26ClN3O4S/c1-4-29-22-9-7-6-8-19(22)20-14-17(10-12-23(20)29)27-25(30)16(3)28-34(31,32)18-11-13-24(33-5-2)21(26)15-18/h6-16,28H,4-5H2,1-3H3,(H,27,30)/t16-/m1/s1. The highest BCUT2D eigenvalue weighted by Crippen LogP contribution is 2.31. The van der Waals surface area contributed by atoms with Crippen molar-refractivity contribution in [1.29, 1.82) is 0 Å². The summed E-state index contributed by atoms with van der Waals surface area (Å²) in [6, 6.07) is 17.0. The quantitative estimate of drug-likeness (QED) is 0.350. The maximum absolute atomic E-state index is 12.8. The number of benzene rings is 3. The molecule has 0 spiro atoms. The maximum Gasteiger partial charge on any atom is 0.242 e. The van der Waals surface area contributed by atoms with Gasteiger partial charge in [-0.25, -0.2) is 8.42 Å². The summed E-state index contributed by atoms with van der Waals surface area (Å²) in [4.78, 5) is 12.8. The Morgan fingerprint density at radius 1 is 1.03 bits per heavy atom. The first kappa shape index (κ1) is 24.1. The Bertz CT molecular complexity index is 1480. The summed E-state index contributed by atoms with van der Waals surface area (Å²) in [5.41, 5.74) is 2.79. The molecule has 4 rings (SSSR count). The molecule has 1 amide bonds. The normalized spacial score (nSPS) is 12.7. The Morgan fingerprint density at radius 2 is 1.76 bits per heavy atom. The monoisotopic (exact) mass is 499 g/mol. The van der Waals surface area contributed by atoms with Crippen molar-refractivity contribution in [3.8, 4) is 5.75 Å². The molecule has 2 N–H and O–H groups in total. The first-order valence-corrected chi connectivity index (χ1v) is 12.9. The van der Waals surface area contributed by atoms with E-state index in [9.17, 15) is 13.2 Å². The molecule has 0 unspecified atom stereocenters. The van der Waals surface area contributed by atoms with Gasteiger partial charge in [-0.2, -0.15) is 4.72 Å². The van der Waals surface area contributed by atoms with Gasteiger partial charge in [0, 0.05) is 34.0 Å². The van der Waals surface area contributed by atoms with Gasteiger partial charge < -0.3 is 14.6 Å². The number of nitrogens with zero attached hydrogens (tertiary/aromatic N) is 1. The molecule has 0 fully saturated rings. The van der Waals surface area contributed by atoms with Crippen LogP contribution in [0.3, 0.4) is 0 Å². The van der Waals surface area contributed by atoms with Crippen LogP contribution in [0.1, 0.15) is 20.8 Å². The summed E-state index contributed by atoms with van der Waals surface area (Å²) in [7, 11) is -3.97. The molecule has 0 aliphatic rings. The fraction of sp³-hybridized carbons (Fsp3) is 0.240. The van der Waals surface area contributed by atoms with Gasteiger partial charge in [0.2, 0.25) is 15.9 Å². The Morgan fingerprint density at radius 3 is 2.47 bits per heavy atom. The van der Waals surface area contributed by atoms with E-state index >= 15 is 0 Å². The van der Waals surface area contributed by atoms with E-state index in [0.717, 1.165) is 28.4 Å². The lowest BCUT2D eigenvalue weighted by Gasteiger charge is -2.15. The fourth-order valence-electron chi connectivity index (χ4n) is 4.00. The maximum atomic E-state index is 12.8. The summed E-state index contributed by atoms with van der Waals surface area (Å²) in [5, 5.41) is 5.11. The van der Waals surface area contributed by atoms with E-state index in [1.54, 1.807) is 0 Å². The number of nitrogens with one attached hydrogen (secondary N) is 2. The average Bonchev–Trinajstić information content (AvgIpc) is 3.13. The molecule has 4 aromatic rings. The van der Waals surface area contributed by atoms with Crippen molar-refractivity contribution in [3.63, 3.8) is 0 Å². The van der Waals surface area contributed by atoms with Gasteiger partial charge in [0.25, 0.3) is 0 Å². The second kappa shape index (κ2) is 9.66. The van der Waals surface area contributed by atoms with Gasteiger partial charge in [0.1, 0.15) is 5.75 Å². The summed E-state index contributed by atoms with van der Waals surface area (Å²) in [6.07, 6.45) is 0. The second-order valence-electron chi connectivity index (χ2n) is 7.85. The molecule has 0 radical (unpaired) electrons. The van der Waals surface area contributed by atoms with Gasteiger partial charge in [-0.3, -0.25) is 4.79 Å². The minimum absolute atomic E-state index is 0.0469.